The molecule has 1 atom stereocenters. The van der Waals surface area contributed by atoms with Crippen LogP contribution in [0.3, 0.4) is 0 Å². The maximum Gasteiger partial charge on any atom is 0.326 e. The molecule has 37 heavy (non-hydrogen) atoms. The second-order valence-corrected chi connectivity index (χ2v) is 10.3. The number of rotatable bonds is 10. The second kappa shape index (κ2) is 10.7. The highest BCUT2D eigenvalue weighted by Crippen LogP contribution is 2.47. The van der Waals surface area contributed by atoms with Gasteiger partial charge in [-0.2, -0.15) is 0 Å². The van der Waals surface area contributed by atoms with Gasteiger partial charge in [-0.3, -0.25) is 9.59 Å². The second-order valence-electron chi connectivity index (χ2n) is 10.3. The lowest BCUT2D eigenvalue weighted by Crippen LogP contribution is -2.49. The summed E-state index contributed by atoms with van der Waals surface area (Å²) < 4.78 is 0. The largest absolute Gasteiger partial charge is 0.480 e. The monoisotopic (exact) mass is 506 g/mol. The summed E-state index contributed by atoms with van der Waals surface area (Å²) in [6.45, 7) is 14.7. The first-order valence-electron chi connectivity index (χ1n) is 12.4. The zero-order chi connectivity index (χ0) is 27.7. The highest BCUT2D eigenvalue weighted by Gasteiger charge is 2.57. The van der Waals surface area contributed by atoms with Crippen LogP contribution >= 0.6 is 0 Å². The molecule has 0 unspecified atom stereocenters. The van der Waals surface area contributed by atoms with Gasteiger partial charge in [0.25, 0.3) is 0 Å². The summed E-state index contributed by atoms with van der Waals surface area (Å²) in [5.74, 6) is -1.33. The van der Waals surface area contributed by atoms with Crippen LogP contribution in [-0.2, 0) is 20.8 Å². The molecule has 0 radical (unpaired) electrons. The minimum absolute atomic E-state index is 0.104. The number of benzene rings is 2. The van der Waals surface area contributed by atoms with Gasteiger partial charge in [-0.25, -0.2) is 4.79 Å². The normalized spacial score (nSPS) is 14.4. The van der Waals surface area contributed by atoms with Crippen LogP contribution in [0.5, 0.6) is 0 Å². The number of hydrogen-bond acceptors (Lipinski definition) is 5. The smallest absolute Gasteiger partial charge is 0.326 e. The van der Waals surface area contributed by atoms with Gasteiger partial charge in [0.1, 0.15) is 17.3 Å². The van der Waals surface area contributed by atoms with E-state index in [0.717, 1.165) is 16.9 Å². The number of anilines is 2. The lowest BCUT2D eigenvalue weighted by Gasteiger charge is -2.22. The fraction of sp³-hybridized carbons (Fsp3) is 0.414. The van der Waals surface area contributed by atoms with Crippen molar-refractivity contribution in [1.82, 2.24) is 10.2 Å². The van der Waals surface area contributed by atoms with Gasteiger partial charge in [-0.15, -0.1) is 0 Å². The minimum Gasteiger partial charge on any atom is -0.480 e. The lowest BCUT2D eigenvalue weighted by molar-refractivity contribution is -0.147. The fourth-order valence-electron chi connectivity index (χ4n) is 4.59. The van der Waals surface area contributed by atoms with Crippen LogP contribution in [0.1, 0.15) is 46.2 Å². The molecule has 0 bridgehead atoms. The molecule has 1 saturated carbocycles. The van der Waals surface area contributed by atoms with Crippen molar-refractivity contribution < 1.29 is 19.5 Å². The molecule has 3 rings (SSSR count). The van der Waals surface area contributed by atoms with Crippen LogP contribution in [0.4, 0.5) is 11.4 Å². The van der Waals surface area contributed by atoms with Gasteiger partial charge >= 0.3 is 5.97 Å². The van der Waals surface area contributed by atoms with E-state index in [1.54, 1.807) is 14.1 Å². The topological polar surface area (TPSA) is 111 Å². The number of hydrogen-bond donors (Lipinski definition) is 4. The van der Waals surface area contributed by atoms with Crippen LogP contribution in [0.25, 0.3) is 0 Å². The van der Waals surface area contributed by atoms with Crippen molar-refractivity contribution in [2.24, 2.45) is 5.41 Å². The van der Waals surface area contributed by atoms with E-state index >= 15 is 0 Å². The van der Waals surface area contributed by atoms with E-state index in [0.29, 0.717) is 18.7 Å². The number of nitrogens with one attached hydrogen (secondary N) is 3. The Morgan fingerprint density at radius 1 is 0.919 bits per heavy atom. The number of aliphatic carboxylic acids is 1. The van der Waals surface area contributed by atoms with Crippen LogP contribution in [-0.4, -0.2) is 47.9 Å². The van der Waals surface area contributed by atoms with Gasteiger partial charge in [0.05, 0.1) is 0 Å². The summed E-state index contributed by atoms with van der Waals surface area (Å²) in [4.78, 5) is 38.4. The highest BCUT2D eigenvalue weighted by atomic mass is 16.4. The molecule has 2 amide bonds. The molecule has 0 saturated heterocycles. The summed E-state index contributed by atoms with van der Waals surface area (Å²) in [5, 5.41) is 18.9. The van der Waals surface area contributed by atoms with E-state index in [1.807, 2.05) is 24.3 Å². The minimum atomic E-state index is -1.14. The summed E-state index contributed by atoms with van der Waals surface area (Å²) in [7, 11) is 3.19. The first kappa shape index (κ1) is 27.8. The number of carboxylic acids is 1. The maximum absolute atomic E-state index is 12.8. The van der Waals surface area contributed by atoms with Gasteiger partial charge in [0, 0.05) is 31.9 Å². The van der Waals surface area contributed by atoms with Gasteiger partial charge in [-0.05, 0) is 93.0 Å². The lowest BCUT2D eigenvalue weighted by atomic mass is 9.93. The van der Waals surface area contributed by atoms with Gasteiger partial charge in [0.15, 0.2) is 0 Å². The molecule has 8 heteroatoms. The maximum atomic E-state index is 12.8. The van der Waals surface area contributed by atoms with Crippen LogP contribution in [0.15, 0.2) is 36.7 Å². The quantitative estimate of drug-likeness (QED) is 0.360. The van der Waals surface area contributed by atoms with E-state index in [2.05, 4.69) is 57.1 Å². The van der Waals surface area contributed by atoms with Crippen molar-refractivity contribution in [2.75, 3.05) is 24.7 Å². The van der Waals surface area contributed by atoms with Crippen molar-refractivity contribution in [2.45, 2.75) is 59.9 Å². The predicted molar refractivity (Wildman–Crippen MR) is 147 cm³/mol. The number of carboxylic acid groups (broad SMARTS) is 1. The first-order valence-corrected chi connectivity index (χ1v) is 12.4. The summed E-state index contributed by atoms with van der Waals surface area (Å²) in [6, 6.07) is 6.17. The van der Waals surface area contributed by atoms with Gasteiger partial charge in [0.2, 0.25) is 11.8 Å². The SMILES string of the molecule is C=C(Nc1ccc(C[C@H](NC(=O)C2(C(=O)N(C)C)CC2)C(=O)O)cc1)Nc1c(C)c(C)c(C)c(C)c1C. The number of amides is 2. The molecule has 8 nitrogen and oxygen atoms in total. The van der Waals surface area contributed by atoms with Crippen molar-refractivity contribution in [1.29, 1.82) is 0 Å². The molecule has 0 aromatic heterocycles. The summed E-state index contributed by atoms with van der Waals surface area (Å²) in [6.07, 6.45) is 0.968. The molecule has 1 fully saturated rings. The molecular weight excluding hydrogens is 468 g/mol. The molecule has 1 aliphatic carbocycles. The molecule has 4 N–H and O–H groups in total. The average molecular weight is 507 g/mol. The van der Waals surface area contributed by atoms with E-state index in [9.17, 15) is 19.5 Å². The molecule has 1 aliphatic rings. The summed E-state index contributed by atoms with van der Waals surface area (Å²) >= 11 is 0. The molecular formula is C29H38N4O4. The van der Waals surface area contributed by atoms with Crippen LogP contribution in [0.2, 0.25) is 0 Å². The van der Waals surface area contributed by atoms with Gasteiger partial charge in [-0.1, -0.05) is 18.7 Å². The zero-order valence-electron chi connectivity index (χ0n) is 22.8. The Morgan fingerprint density at radius 3 is 1.89 bits per heavy atom. The third-order valence-electron chi connectivity index (χ3n) is 7.57. The zero-order valence-corrected chi connectivity index (χ0v) is 22.8. The Kier molecular flexibility index (Phi) is 8.00. The van der Waals surface area contributed by atoms with E-state index in [1.165, 1.54) is 32.7 Å². The molecule has 0 heterocycles. The van der Waals surface area contributed by atoms with Crippen LogP contribution in [0, 0.1) is 40.0 Å². The van der Waals surface area contributed by atoms with Crippen molar-refractivity contribution in [3.8, 4) is 0 Å². The van der Waals surface area contributed by atoms with E-state index < -0.39 is 23.3 Å². The van der Waals surface area contributed by atoms with Crippen LogP contribution < -0.4 is 16.0 Å². The Labute approximate surface area is 219 Å². The first-order chi connectivity index (χ1) is 17.3. The third-order valence-corrected chi connectivity index (χ3v) is 7.57. The highest BCUT2D eigenvalue weighted by molar-refractivity contribution is 6.08. The molecule has 2 aromatic rings. The Morgan fingerprint density at radius 2 is 1.43 bits per heavy atom. The molecule has 0 aliphatic heterocycles. The van der Waals surface area contributed by atoms with Crippen molar-refractivity contribution in [3.63, 3.8) is 0 Å². The average Bonchev–Trinajstić information content (AvgIpc) is 3.66. The molecule has 0 spiro atoms. The third kappa shape index (κ3) is 5.79. The van der Waals surface area contributed by atoms with E-state index in [-0.39, 0.29) is 12.3 Å². The Bertz CT molecular complexity index is 1210. The number of carbonyl (C=O) groups excluding carboxylic acids is 2. The van der Waals surface area contributed by atoms with Crippen molar-refractivity contribution in [3.05, 3.63) is 70.0 Å². The van der Waals surface area contributed by atoms with E-state index in [4.69, 9.17) is 0 Å². The Hall–Kier alpha value is -3.81. The molecule has 2 aromatic carbocycles. The number of carbonyl (C=O) groups is 3. The standard InChI is InChI=1S/C29H38N4O4/c1-16-17(2)19(4)25(20(5)18(16)3)31-21(6)30-23-11-9-22(10-12-23)15-24(26(34)35)32-27(36)29(13-14-29)28(37)33(7)8/h9-12,24,30-31H,6,13-15H2,1-5,7-8H3,(H,32,36)(H,34,35)/t24-/m0/s1. The summed E-state index contributed by atoms with van der Waals surface area (Å²) in [5.41, 5.74) is 7.60. The Balaban J connectivity index is 1.65. The molecule has 198 valence electrons. The van der Waals surface area contributed by atoms with Crippen molar-refractivity contribution >= 4 is 29.2 Å². The predicted octanol–water partition coefficient (Wildman–Crippen LogP) is 4.20. The van der Waals surface area contributed by atoms with Gasteiger partial charge < -0.3 is 26.0 Å². The fourth-order valence-corrected chi connectivity index (χ4v) is 4.59. The number of nitrogens with zero attached hydrogens (tertiary/aromatic N) is 1.